The van der Waals surface area contributed by atoms with E-state index in [2.05, 4.69) is 34.5 Å². The molecule has 0 radical (unpaired) electrons. The molecule has 1 saturated heterocycles. The Morgan fingerprint density at radius 1 is 1.40 bits per heavy atom. The van der Waals surface area contributed by atoms with Crippen LogP contribution in [0.2, 0.25) is 0 Å². The molecule has 1 amide bonds. The molecule has 0 aliphatic carbocycles. The van der Waals surface area contributed by atoms with Gasteiger partial charge in [0.05, 0.1) is 12.2 Å². The van der Waals surface area contributed by atoms with Crippen molar-refractivity contribution in [1.82, 2.24) is 14.7 Å². The first-order valence-electron chi connectivity index (χ1n) is 9.02. The lowest BCUT2D eigenvalue weighted by Gasteiger charge is -2.24. The summed E-state index contributed by atoms with van der Waals surface area (Å²) in [6.07, 6.45) is 6.20. The number of benzene rings is 1. The first kappa shape index (κ1) is 17.7. The van der Waals surface area contributed by atoms with Gasteiger partial charge in [0.25, 0.3) is 0 Å². The van der Waals surface area contributed by atoms with Gasteiger partial charge in [0.2, 0.25) is 5.91 Å². The minimum Gasteiger partial charge on any atom is -0.324 e. The molecule has 1 aliphatic heterocycles. The van der Waals surface area contributed by atoms with Crippen LogP contribution in [0.3, 0.4) is 0 Å². The maximum atomic E-state index is 12.6. The van der Waals surface area contributed by atoms with Crippen LogP contribution in [0.15, 0.2) is 30.6 Å². The van der Waals surface area contributed by atoms with Crippen molar-refractivity contribution in [2.75, 3.05) is 18.4 Å². The molecule has 2 unspecified atom stereocenters. The maximum absolute atomic E-state index is 12.6. The average Bonchev–Trinajstić information content (AvgIpc) is 3.19. The fourth-order valence-electron chi connectivity index (χ4n) is 3.65. The molecule has 2 aromatic rings. The number of nitrogens with one attached hydrogen (secondary N) is 1. The average molecular weight is 340 g/mol. The molecule has 134 valence electrons. The number of rotatable bonds is 5. The summed E-state index contributed by atoms with van der Waals surface area (Å²) in [4.78, 5) is 14.9. The van der Waals surface area contributed by atoms with Gasteiger partial charge in [-0.15, -0.1) is 0 Å². The lowest BCUT2D eigenvalue weighted by molar-refractivity contribution is -0.120. The zero-order valence-electron chi connectivity index (χ0n) is 15.6. The van der Waals surface area contributed by atoms with E-state index in [9.17, 15) is 4.79 Å². The van der Waals surface area contributed by atoms with Gasteiger partial charge in [0.15, 0.2) is 0 Å². The standard InChI is InChI=1S/C20H28N4O/c1-14-5-6-19(15(2)9-14)22-20(25)16(3)24-8-7-17(13-24)10-18-11-21-23(4)12-18/h5-6,9,11-12,16-17H,7-8,10,13H2,1-4H3,(H,22,25). The van der Waals surface area contributed by atoms with Crippen molar-refractivity contribution in [3.8, 4) is 0 Å². The summed E-state index contributed by atoms with van der Waals surface area (Å²) in [6, 6.07) is 6.01. The molecule has 5 heteroatoms. The topological polar surface area (TPSA) is 50.2 Å². The molecule has 0 bridgehead atoms. The van der Waals surface area contributed by atoms with Crippen LogP contribution in [0.25, 0.3) is 0 Å². The normalized spacial score (nSPS) is 19.1. The zero-order valence-corrected chi connectivity index (χ0v) is 15.6. The van der Waals surface area contributed by atoms with Crippen LogP contribution in [-0.2, 0) is 18.3 Å². The molecule has 1 aromatic carbocycles. The summed E-state index contributed by atoms with van der Waals surface area (Å²) >= 11 is 0. The summed E-state index contributed by atoms with van der Waals surface area (Å²) in [5, 5.41) is 7.33. The maximum Gasteiger partial charge on any atom is 0.241 e. The van der Waals surface area contributed by atoms with Gasteiger partial charge in [-0.1, -0.05) is 17.7 Å². The van der Waals surface area contributed by atoms with E-state index >= 15 is 0 Å². The smallest absolute Gasteiger partial charge is 0.241 e. The Bertz CT molecular complexity index is 752. The van der Waals surface area contributed by atoms with E-state index in [1.54, 1.807) is 0 Å². The van der Waals surface area contributed by atoms with Crippen molar-refractivity contribution in [2.45, 2.75) is 39.7 Å². The van der Waals surface area contributed by atoms with Crippen molar-refractivity contribution < 1.29 is 4.79 Å². The Labute approximate surface area is 150 Å². The molecule has 1 fully saturated rings. The lowest BCUT2D eigenvalue weighted by atomic mass is 10.0. The number of carbonyl (C=O) groups is 1. The molecule has 2 atom stereocenters. The summed E-state index contributed by atoms with van der Waals surface area (Å²) in [7, 11) is 1.95. The SMILES string of the molecule is Cc1ccc(NC(=O)C(C)N2CCC(Cc3cnn(C)c3)C2)c(C)c1. The second-order valence-electron chi connectivity index (χ2n) is 7.36. The van der Waals surface area contributed by atoms with Crippen LogP contribution in [0.4, 0.5) is 5.69 Å². The van der Waals surface area contributed by atoms with E-state index < -0.39 is 0 Å². The molecule has 25 heavy (non-hydrogen) atoms. The first-order chi connectivity index (χ1) is 11.9. The molecule has 0 spiro atoms. The second kappa shape index (κ2) is 7.40. The molecule has 1 aromatic heterocycles. The number of carbonyl (C=O) groups excluding carboxylic acids is 1. The molecule has 3 rings (SSSR count). The predicted octanol–water partition coefficient (Wildman–Crippen LogP) is 2.93. The molecule has 1 aliphatic rings. The number of amides is 1. The van der Waals surface area contributed by atoms with Gasteiger partial charge < -0.3 is 5.32 Å². The number of nitrogens with zero attached hydrogens (tertiary/aromatic N) is 3. The van der Waals surface area contributed by atoms with Gasteiger partial charge in [-0.2, -0.15) is 5.10 Å². The van der Waals surface area contributed by atoms with E-state index in [4.69, 9.17) is 0 Å². The van der Waals surface area contributed by atoms with Crippen LogP contribution in [0, 0.1) is 19.8 Å². The van der Waals surface area contributed by atoms with E-state index in [-0.39, 0.29) is 11.9 Å². The van der Waals surface area contributed by atoms with Crippen molar-refractivity contribution >= 4 is 11.6 Å². The minimum atomic E-state index is -0.111. The fourth-order valence-corrected chi connectivity index (χ4v) is 3.65. The van der Waals surface area contributed by atoms with E-state index in [1.807, 2.05) is 43.9 Å². The van der Waals surface area contributed by atoms with Crippen LogP contribution in [-0.4, -0.2) is 39.7 Å². The number of likely N-dealkylation sites (tertiary alicyclic amines) is 1. The molecule has 5 nitrogen and oxygen atoms in total. The third-order valence-electron chi connectivity index (χ3n) is 5.17. The number of aromatic nitrogens is 2. The Morgan fingerprint density at radius 2 is 2.20 bits per heavy atom. The van der Waals surface area contributed by atoms with Crippen LogP contribution in [0.1, 0.15) is 30.0 Å². The molecule has 2 heterocycles. The third-order valence-corrected chi connectivity index (χ3v) is 5.17. The highest BCUT2D eigenvalue weighted by Gasteiger charge is 2.30. The Kier molecular flexibility index (Phi) is 5.23. The molecular formula is C20H28N4O. The van der Waals surface area contributed by atoms with Gasteiger partial charge in [-0.3, -0.25) is 14.4 Å². The van der Waals surface area contributed by atoms with E-state index in [0.29, 0.717) is 5.92 Å². The fraction of sp³-hybridized carbons (Fsp3) is 0.500. The van der Waals surface area contributed by atoms with Crippen molar-refractivity contribution in [1.29, 1.82) is 0 Å². The van der Waals surface area contributed by atoms with Crippen molar-refractivity contribution in [3.63, 3.8) is 0 Å². The Morgan fingerprint density at radius 3 is 2.88 bits per heavy atom. The Hall–Kier alpha value is -2.14. The van der Waals surface area contributed by atoms with Gasteiger partial charge in [-0.25, -0.2) is 0 Å². The minimum absolute atomic E-state index is 0.0778. The highest BCUT2D eigenvalue weighted by molar-refractivity contribution is 5.95. The van der Waals surface area contributed by atoms with Crippen LogP contribution in [0.5, 0.6) is 0 Å². The summed E-state index contributed by atoms with van der Waals surface area (Å²) in [5.74, 6) is 0.676. The number of aryl methyl sites for hydroxylation is 3. The van der Waals surface area contributed by atoms with Crippen LogP contribution < -0.4 is 5.32 Å². The summed E-state index contributed by atoms with van der Waals surface area (Å²) in [6.45, 7) is 8.05. The Balaban J connectivity index is 1.55. The largest absolute Gasteiger partial charge is 0.324 e. The predicted molar refractivity (Wildman–Crippen MR) is 101 cm³/mol. The first-order valence-corrected chi connectivity index (χ1v) is 9.02. The number of hydrogen-bond acceptors (Lipinski definition) is 3. The van der Waals surface area contributed by atoms with Gasteiger partial charge in [0.1, 0.15) is 0 Å². The van der Waals surface area contributed by atoms with Crippen molar-refractivity contribution in [2.24, 2.45) is 13.0 Å². The molecular weight excluding hydrogens is 312 g/mol. The van der Waals surface area contributed by atoms with Crippen molar-refractivity contribution in [3.05, 3.63) is 47.3 Å². The monoisotopic (exact) mass is 340 g/mol. The highest BCUT2D eigenvalue weighted by Crippen LogP contribution is 2.23. The number of anilines is 1. The summed E-state index contributed by atoms with van der Waals surface area (Å²) in [5.41, 5.74) is 4.51. The van der Waals surface area contributed by atoms with Gasteiger partial charge in [0, 0.05) is 25.5 Å². The lowest BCUT2D eigenvalue weighted by Crippen LogP contribution is -2.40. The summed E-state index contributed by atoms with van der Waals surface area (Å²) < 4.78 is 1.85. The van der Waals surface area contributed by atoms with Gasteiger partial charge in [-0.05, 0) is 63.3 Å². The molecule has 1 N–H and O–H groups in total. The third kappa shape index (κ3) is 4.28. The van der Waals surface area contributed by atoms with Crippen LogP contribution >= 0.6 is 0 Å². The second-order valence-corrected chi connectivity index (χ2v) is 7.36. The number of hydrogen-bond donors (Lipinski definition) is 1. The highest BCUT2D eigenvalue weighted by atomic mass is 16.2. The van der Waals surface area contributed by atoms with Gasteiger partial charge >= 0.3 is 0 Å². The zero-order chi connectivity index (χ0) is 18.0. The molecule has 0 saturated carbocycles. The van der Waals surface area contributed by atoms with E-state index in [1.165, 1.54) is 11.1 Å². The quantitative estimate of drug-likeness (QED) is 0.910. The van der Waals surface area contributed by atoms with E-state index in [0.717, 1.165) is 37.2 Å².